The lowest BCUT2D eigenvalue weighted by atomic mass is 10.2. The normalized spacial score (nSPS) is 11.3. The summed E-state index contributed by atoms with van der Waals surface area (Å²) in [5.41, 5.74) is 1.98. The average molecular weight is 422 g/mol. The van der Waals surface area contributed by atoms with Gasteiger partial charge in [-0.15, -0.1) is 0 Å². The summed E-state index contributed by atoms with van der Waals surface area (Å²) >= 11 is 18.1. The lowest BCUT2D eigenvalue weighted by Gasteiger charge is -2.17. The van der Waals surface area contributed by atoms with Gasteiger partial charge in [-0.2, -0.15) is 5.10 Å². The summed E-state index contributed by atoms with van der Waals surface area (Å²) in [5, 5.41) is 5.92. The Morgan fingerprint density at radius 3 is 2.59 bits per heavy atom. The largest absolute Gasteiger partial charge is 0.300 e. The van der Waals surface area contributed by atoms with Crippen LogP contribution >= 0.6 is 35.4 Å². The molecule has 0 N–H and O–H groups in total. The van der Waals surface area contributed by atoms with Crippen molar-refractivity contribution in [1.82, 2.24) is 24.2 Å². The van der Waals surface area contributed by atoms with E-state index in [2.05, 4.69) is 21.4 Å². The predicted octanol–water partition coefficient (Wildman–Crippen LogP) is 5.28. The number of nitrogens with zero attached hydrogens (tertiary/aromatic N) is 5. The van der Waals surface area contributed by atoms with Crippen molar-refractivity contribution in [3.8, 4) is 11.4 Å². The van der Waals surface area contributed by atoms with Gasteiger partial charge in [-0.25, -0.2) is 4.68 Å². The maximum Gasteiger partial charge on any atom is 0.199 e. The van der Waals surface area contributed by atoms with Crippen LogP contribution in [0, 0.1) is 4.77 Å². The predicted molar refractivity (Wildman–Crippen MR) is 113 cm³/mol. The maximum atomic E-state index is 6.31. The molecule has 1 aromatic carbocycles. The van der Waals surface area contributed by atoms with E-state index < -0.39 is 0 Å². The van der Waals surface area contributed by atoms with Crippen LogP contribution < -0.4 is 0 Å². The van der Waals surface area contributed by atoms with Crippen LogP contribution in [-0.2, 0) is 19.8 Å². The molecule has 27 heavy (non-hydrogen) atoms. The molecule has 0 aliphatic rings. The zero-order chi connectivity index (χ0) is 19.4. The Kier molecular flexibility index (Phi) is 6.65. The topological polar surface area (TPSA) is 38.9 Å². The number of benzene rings is 1. The molecule has 3 rings (SSSR count). The molecule has 0 aliphatic carbocycles. The molecular formula is C19H21Cl2N5S. The first-order valence-electron chi connectivity index (χ1n) is 8.70. The van der Waals surface area contributed by atoms with Gasteiger partial charge in [0.25, 0.3) is 0 Å². The molecule has 5 nitrogen and oxygen atoms in total. The summed E-state index contributed by atoms with van der Waals surface area (Å²) in [4.78, 5) is 6.19. The Balaban J connectivity index is 1.86. The van der Waals surface area contributed by atoms with Crippen molar-refractivity contribution in [2.45, 2.75) is 33.1 Å². The van der Waals surface area contributed by atoms with E-state index in [4.69, 9.17) is 40.5 Å². The van der Waals surface area contributed by atoms with Crippen LogP contribution in [0.25, 0.3) is 11.4 Å². The first-order chi connectivity index (χ1) is 13.0. The van der Waals surface area contributed by atoms with Crippen molar-refractivity contribution in [2.75, 3.05) is 7.05 Å². The van der Waals surface area contributed by atoms with Gasteiger partial charge >= 0.3 is 0 Å². The summed E-state index contributed by atoms with van der Waals surface area (Å²) in [6.07, 6.45) is 4.51. The fourth-order valence-corrected chi connectivity index (χ4v) is 3.57. The van der Waals surface area contributed by atoms with Crippen molar-refractivity contribution >= 4 is 35.4 Å². The molecule has 2 heterocycles. The van der Waals surface area contributed by atoms with Crippen LogP contribution in [0.2, 0.25) is 10.0 Å². The van der Waals surface area contributed by atoms with Gasteiger partial charge < -0.3 is 0 Å². The zero-order valence-electron chi connectivity index (χ0n) is 15.3. The standard InChI is InChI=1S/C19H21Cl2N5S/c1-3-11-25-18(14-7-9-22-10-8-14)23-26(19(25)27)13-24(2)12-15-5-4-6-16(20)17(15)21/h4-10H,3,11-13H2,1-2H3. The number of rotatable bonds is 7. The molecular weight excluding hydrogens is 401 g/mol. The number of hydrogen-bond acceptors (Lipinski definition) is 4. The monoisotopic (exact) mass is 421 g/mol. The number of pyridine rings is 1. The van der Waals surface area contributed by atoms with Crippen LogP contribution in [-0.4, -0.2) is 31.3 Å². The summed E-state index contributed by atoms with van der Waals surface area (Å²) in [6, 6.07) is 9.56. The first-order valence-corrected chi connectivity index (χ1v) is 9.87. The summed E-state index contributed by atoms with van der Waals surface area (Å²) in [6.45, 7) is 4.14. The number of hydrogen-bond donors (Lipinski definition) is 0. The third-order valence-electron chi connectivity index (χ3n) is 4.16. The summed E-state index contributed by atoms with van der Waals surface area (Å²) in [5.74, 6) is 0.860. The van der Waals surface area contributed by atoms with Crippen molar-refractivity contribution < 1.29 is 0 Å². The highest BCUT2D eigenvalue weighted by molar-refractivity contribution is 7.71. The highest BCUT2D eigenvalue weighted by Crippen LogP contribution is 2.26. The van der Waals surface area contributed by atoms with Gasteiger partial charge in [0.1, 0.15) is 0 Å². The third-order valence-corrected chi connectivity index (χ3v) is 5.44. The highest BCUT2D eigenvalue weighted by Gasteiger charge is 2.14. The van der Waals surface area contributed by atoms with Gasteiger partial charge in [0, 0.05) is 31.0 Å². The molecule has 0 unspecified atom stereocenters. The van der Waals surface area contributed by atoms with Crippen LogP contribution in [0.4, 0.5) is 0 Å². The van der Waals surface area contributed by atoms with E-state index in [-0.39, 0.29) is 0 Å². The molecule has 0 bridgehead atoms. The molecule has 8 heteroatoms. The lowest BCUT2D eigenvalue weighted by molar-refractivity contribution is 0.244. The first kappa shape index (κ1) is 20.0. The van der Waals surface area contributed by atoms with E-state index in [1.807, 2.05) is 36.0 Å². The fraction of sp³-hybridized carbons (Fsp3) is 0.316. The van der Waals surface area contributed by atoms with E-state index in [0.717, 1.165) is 29.9 Å². The SMILES string of the molecule is CCCn1c(-c2ccncc2)nn(CN(C)Cc2cccc(Cl)c2Cl)c1=S. The Morgan fingerprint density at radius 2 is 1.89 bits per heavy atom. The van der Waals surface area contributed by atoms with Gasteiger partial charge in [0.2, 0.25) is 0 Å². The second kappa shape index (κ2) is 8.97. The minimum atomic E-state index is 0.552. The van der Waals surface area contributed by atoms with Crippen molar-refractivity contribution in [1.29, 1.82) is 0 Å². The average Bonchev–Trinajstić information content (AvgIpc) is 2.96. The second-order valence-corrected chi connectivity index (χ2v) is 7.51. The van der Waals surface area contributed by atoms with E-state index in [1.54, 1.807) is 18.5 Å². The smallest absolute Gasteiger partial charge is 0.199 e. The molecule has 0 radical (unpaired) electrons. The third kappa shape index (κ3) is 4.58. The highest BCUT2D eigenvalue weighted by atomic mass is 35.5. The van der Waals surface area contributed by atoms with Crippen molar-refractivity contribution in [2.24, 2.45) is 0 Å². The van der Waals surface area contributed by atoms with E-state index in [9.17, 15) is 0 Å². The number of halogens is 2. The van der Waals surface area contributed by atoms with Gasteiger partial charge in [-0.3, -0.25) is 14.5 Å². The van der Waals surface area contributed by atoms with Gasteiger partial charge in [-0.1, -0.05) is 42.3 Å². The molecule has 0 saturated heterocycles. The fourth-order valence-electron chi connectivity index (χ4n) is 2.91. The molecule has 0 spiro atoms. The van der Waals surface area contributed by atoms with Crippen LogP contribution in [0.15, 0.2) is 42.7 Å². The molecule has 0 atom stereocenters. The quantitative estimate of drug-likeness (QED) is 0.486. The van der Waals surface area contributed by atoms with Crippen molar-refractivity contribution in [3.63, 3.8) is 0 Å². The Morgan fingerprint density at radius 1 is 1.15 bits per heavy atom. The minimum Gasteiger partial charge on any atom is -0.300 e. The molecule has 0 fully saturated rings. The van der Waals surface area contributed by atoms with Crippen LogP contribution in [0.5, 0.6) is 0 Å². The van der Waals surface area contributed by atoms with E-state index >= 15 is 0 Å². The molecule has 2 aromatic heterocycles. The zero-order valence-corrected chi connectivity index (χ0v) is 17.6. The lowest BCUT2D eigenvalue weighted by Crippen LogP contribution is -2.23. The minimum absolute atomic E-state index is 0.552. The molecule has 0 amide bonds. The Hall–Kier alpha value is -1.73. The van der Waals surface area contributed by atoms with Gasteiger partial charge in [0.15, 0.2) is 10.6 Å². The van der Waals surface area contributed by atoms with Crippen LogP contribution in [0.1, 0.15) is 18.9 Å². The Bertz CT molecular complexity index is 968. The van der Waals surface area contributed by atoms with Gasteiger partial charge in [0.05, 0.1) is 16.7 Å². The van der Waals surface area contributed by atoms with Crippen LogP contribution in [0.3, 0.4) is 0 Å². The van der Waals surface area contributed by atoms with E-state index in [1.165, 1.54) is 0 Å². The molecule has 0 aliphatic heterocycles. The second-order valence-electron chi connectivity index (χ2n) is 6.36. The van der Waals surface area contributed by atoms with E-state index in [0.29, 0.717) is 28.0 Å². The molecule has 3 aromatic rings. The summed E-state index contributed by atoms with van der Waals surface area (Å²) < 4.78 is 4.62. The Labute approximate surface area is 174 Å². The number of aromatic nitrogens is 4. The maximum absolute atomic E-state index is 6.31. The molecule has 0 saturated carbocycles. The van der Waals surface area contributed by atoms with Crippen molar-refractivity contribution in [3.05, 3.63) is 63.1 Å². The molecule has 142 valence electrons. The summed E-state index contributed by atoms with van der Waals surface area (Å²) in [7, 11) is 2.00. The van der Waals surface area contributed by atoms with Gasteiger partial charge in [-0.05, 0) is 49.4 Å².